The SMILES string of the molecule is CCCCc1cc(Cn2cnc3cnc4ccccc4c32)no1. The summed E-state index contributed by atoms with van der Waals surface area (Å²) in [6.45, 7) is 2.83. The van der Waals surface area contributed by atoms with Gasteiger partial charge >= 0.3 is 0 Å². The molecule has 0 fully saturated rings. The number of aromatic nitrogens is 4. The molecule has 0 N–H and O–H groups in total. The van der Waals surface area contributed by atoms with Crippen LogP contribution in [0.1, 0.15) is 31.2 Å². The number of pyridine rings is 1. The summed E-state index contributed by atoms with van der Waals surface area (Å²) in [5.74, 6) is 0.956. The molecule has 0 aliphatic rings. The number of unbranched alkanes of at least 4 members (excludes halogenated alkanes) is 1. The molecule has 0 aliphatic carbocycles. The monoisotopic (exact) mass is 306 g/mol. The second-order valence-electron chi connectivity index (χ2n) is 5.77. The van der Waals surface area contributed by atoms with Gasteiger partial charge in [-0.1, -0.05) is 36.7 Å². The van der Waals surface area contributed by atoms with Crippen molar-refractivity contribution in [3.63, 3.8) is 0 Å². The molecule has 116 valence electrons. The summed E-state index contributed by atoms with van der Waals surface area (Å²) < 4.78 is 7.53. The summed E-state index contributed by atoms with van der Waals surface area (Å²) in [5, 5.41) is 5.30. The summed E-state index contributed by atoms with van der Waals surface area (Å²) >= 11 is 0. The van der Waals surface area contributed by atoms with E-state index in [1.807, 2.05) is 36.8 Å². The highest BCUT2D eigenvalue weighted by molar-refractivity contribution is 6.01. The van der Waals surface area contributed by atoms with E-state index in [0.29, 0.717) is 6.54 Å². The summed E-state index contributed by atoms with van der Waals surface area (Å²) in [6.07, 6.45) is 6.89. The van der Waals surface area contributed by atoms with E-state index in [-0.39, 0.29) is 0 Å². The molecule has 0 spiro atoms. The Morgan fingerprint density at radius 1 is 1.13 bits per heavy atom. The summed E-state index contributed by atoms with van der Waals surface area (Å²) in [4.78, 5) is 8.92. The Morgan fingerprint density at radius 2 is 2.04 bits per heavy atom. The zero-order chi connectivity index (χ0) is 15.6. The first kappa shape index (κ1) is 13.9. The molecule has 5 heteroatoms. The van der Waals surface area contributed by atoms with Crippen LogP contribution in [-0.2, 0) is 13.0 Å². The first-order chi connectivity index (χ1) is 11.3. The minimum absolute atomic E-state index is 0.653. The van der Waals surface area contributed by atoms with Crippen LogP contribution in [0.15, 0.2) is 47.4 Å². The Morgan fingerprint density at radius 3 is 2.96 bits per heavy atom. The molecule has 0 aliphatic heterocycles. The number of para-hydroxylation sites is 1. The fourth-order valence-corrected chi connectivity index (χ4v) is 2.90. The zero-order valence-electron chi connectivity index (χ0n) is 13.1. The highest BCUT2D eigenvalue weighted by atomic mass is 16.5. The molecular weight excluding hydrogens is 288 g/mol. The number of hydrogen-bond acceptors (Lipinski definition) is 4. The molecule has 4 aromatic rings. The number of rotatable bonds is 5. The molecule has 0 saturated heterocycles. The molecule has 4 rings (SSSR count). The van der Waals surface area contributed by atoms with Gasteiger partial charge in [0.1, 0.15) is 17.0 Å². The largest absolute Gasteiger partial charge is 0.361 e. The highest BCUT2D eigenvalue weighted by Gasteiger charge is 2.10. The quantitative estimate of drug-likeness (QED) is 0.560. The van der Waals surface area contributed by atoms with Crippen molar-refractivity contribution in [1.82, 2.24) is 19.7 Å². The number of nitrogens with zero attached hydrogens (tertiary/aromatic N) is 4. The number of aryl methyl sites for hydroxylation is 1. The van der Waals surface area contributed by atoms with E-state index in [0.717, 1.165) is 52.7 Å². The number of benzene rings is 1. The van der Waals surface area contributed by atoms with Gasteiger partial charge in [0.2, 0.25) is 0 Å². The molecule has 5 nitrogen and oxygen atoms in total. The summed E-state index contributed by atoms with van der Waals surface area (Å²) in [5.41, 5.74) is 3.90. The van der Waals surface area contributed by atoms with Crippen molar-refractivity contribution < 1.29 is 4.52 Å². The van der Waals surface area contributed by atoms with Gasteiger partial charge in [0.05, 0.1) is 30.1 Å². The lowest BCUT2D eigenvalue weighted by atomic mass is 10.2. The van der Waals surface area contributed by atoms with E-state index in [4.69, 9.17) is 4.52 Å². The second kappa shape index (κ2) is 5.83. The van der Waals surface area contributed by atoms with Crippen LogP contribution in [0.3, 0.4) is 0 Å². The van der Waals surface area contributed by atoms with Crippen LogP contribution in [0.25, 0.3) is 21.9 Å². The molecule has 0 radical (unpaired) electrons. The Bertz CT molecular complexity index is 954. The predicted octanol–water partition coefficient (Wildman–Crippen LogP) is 3.96. The van der Waals surface area contributed by atoms with Crippen LogP contribution in [0.5, 0.6) is 0 Å². The molecule has 1 aromatic carbocycles. The minimum Gasteiger partial charge on any atom is -0.361 e. The third kappa shape index (κ3) is 2.59. The average Bonchev–Trinajstić information content (AvgIpc) is 3.20. The van der Waals surface area contributed by atoms with Crippen molar-refractivity contribution in [2.45, 2.75) is 32.7 Å². The standard InChI is InChI=1S/C18H18N4O/c1-2-3-6-14-9-13(21-23-14)11-22-12-20-17-10-19-16-8-5-4-7-15(16)18(17)22/h4-5,7-10,12H,2-3,6,11H2,1H3. The van der Waals surface area contributed by atoms with Gasteiger partial charge in [-0.25, -0.2) is 4.98 Å². The van der Waals surface area contributed by atoms with Crippen LogP contribution >= 0.6 is 0 Å². The van der Waals surface area contributed by atoms with Crippen molar-refractivity contribution in [2.75, 3.05) is 0 Å². The Kier molecular flexibility index (Phi) is 3.54. The van der Waals surface area contributed by atoms with Gasteiger partial charge in [-0.05, 0) is 12.5 Å². The van der Waals surface area contributed by atoms with Crippen LogP contribution < -0.4 is 0 Å². The maximum atomic E-state index is 5.42. The van der Waals surface area contributed by atoms with Gasteiger partial charge in [-0.15, -0.1) is 0 Å². The van der Waals surface area contributed by atoms with E-state index >= 15 is 0 Å². The third-order valence-corrected chi connectivity index (χ3v) is 4.07. The maximum absolute atomic E-state index is 5.42. The van der Waals surface area contributed by atoms with Crippen LogP contribution in [-0.4, -0.2) is 19.7 Å². The highest BCUT2D eigenvalue weighted by Crippen LogP contribution is 2.23. The Labute approximate surface area is 134 Å². The Hall–Kier alpha value is -2.69. The molecule has 0 atom stereocenters. The van der Waals surface area contributed by atoms with Crippen LogP contribution in [0, 0.1) is 0 Å². The topological polar surface area (TPSA) is 56.7 Å². The van der Waals surface area contributed by atoms with Crippen molar-refractivity contribution >= 4 is 21.9 Å². The molecule has 0 saturated carbocycles. The van der Waals surface area contributed by atoms with Gasteiger partial charge in [-0.2, -0.15) is 0 Å². The lowest BCUT2D eigenvalue weighted by molar-refractivity contribution is 0.373. The fraction of sp³-hybridized carbons (Fsp3) is 0.278. The summed E-state index contributed by atoms with van der Waals surface area (Å²) in [7, 11) is 0. The number of fused-ring (bicyclic) bond motifs is 3. The van der Waals surface area contributed by atoms with E-state index in [1.54, 1.807) is 0 Å². The molecule has 0 bridgehead atoms. The van der Waals surface area contributed by atoms with Gasteiger partial charge in [0, 0.05) is 17.9 Å². The zero-order valence-corrected chi connectivity index (χ0v) is 13.1. The first-order valence-electron chi connectivity index (χ1n) is 7.98. The normalized spacial score (nSPS) is 11.5. The Balaban J connectivity index is 1.71. The van der Waals surface area contributed by atoms with Gasteiger partial charge in [0.25, 0.3) is 0 Å². The van der Waals surface area contributed by atoms with Crippen molar-refractivity contribution in [3.05, 3.63) is 54.3 Å². The van der Waals surface area contributed by atoms with E-state index in [1.165, 1.54) is 0 Å². The molecular formula is C18H18N4O. The maximum Gasteiger partial charge on any atom is 0.137 e. The molecule has 3 aromatic heterocycles. The lowest BCUT2D eigenvalue weighted by Gasteiger charge is -2.04. The first-order valence-corrected chi connectivity index (χ1v) is 7.98. The molecule has 23 heavy (non-hydrogen) atoms. The van der Waals surface area contributed by atoms with E-state index < -0.39 is 0 Å². The number of imidazole rings is 1. The molecule has 0 unspecified atom stereocenters. The third-order valence-electron chi connectivity index (χ3n) is 4.07. The van der Waals surface area contributed by atoms with Crippen molar-refractivity contribution in [2.24, 2.45) is 0 Å². The predicted molar refractivity (Wildman–Crippen MR) is 89.3 cm³/mol. The van der Waals surface area contributed by atoms with Gasteiger partial charge in [-0.3, -0.25) is 4.98 Å². The average molecular weight is 306 g/mol. The van der Waals surface area contributed by atoms with E-state index in [2.05, 4.69) is 32.7 Å². The lowest BCUT2D eigenvalue weighted by Crippen LogP contribution is -1.98. The fourth-order valence-electron chi connectivity index (χ4n) is 2.90. The van der Waals surface area contributed by atoms with Crippen molar-refractivity contribution in [3.8, 4) is 0 Å². The smallest absolute Gasteiger partial charge is 0.137 e. The van der Waals surface area contributed by atoms with Crippen LogP contribution in [0.2, 0.25) is 0 Å². The number of hydrogen-bond donors (Lipinski definition) is 0. The molecule has 0 amide bonds. The second-order valence-corrected chi connectivity index (χ2v) is 5.77. The molecule has 3 heterocycles. The van der Waals surface area contributed by atoms with Crippen LogP contribution in [0.4, 0.5) is 0 Å². The van der Waals surface area contributed by atoms with Crippen molar-refractivity contribution in [1.29, 1.82) is 0 Å². The van der Waals surface area contributed by atoms with Gasteiger partial charge in [0.15, 0.2) is 0 Å². The summed E-state index contributed by atoms with van der Waals surface area (Å²) in [6, 6.07) is 10.2. The van der Waals surface area contributed by atoms with Gasteiger partial charge < -0.3 is 9.09 Å². The van der Waals surface area contributed by atoms with E-state index in [9.17, 15) is 0 Å². The minimum atomic E-state index is 0.653.